The van der Waals surface area contributed by atoms with Crippen LogP contribution in [-0.4, -0.2) is 17.1 Å². The molecule has 104 valence electrons. The molecular weight excluding hydrogens is 238 g/mol. The molecule has 3 nitrogen and oxygen atoms in total. The molecule has 3 unspecified atom stereocenters. The van der Waals surface area contributed by atoms with Crippen molar-refractivity contribution < 1.29 is 9.90 Å². The van der Waals surface area contributed by atoms with Crippen LogP contribution in [0.1, 0.15) is 50.2 Å². The largest absolute Gasteiger partial charge is 0.481 e. The van der Waals surface area contributed by atoms with Crippen molar-refractivity contribution >= 4 is 5.97 Å². The van der Waals surface area contributed by atoms with Gasteiger partial charge in [-0.3, -0.25) is 4.79 Å². The van der Waals surface area contributed by atoms with Crippen LogP contribution in [0.25, 0.3) is 0 Å². The summed E-state index contributed by atoms with van der Waals surface area (Å²) < 4.78 is 0. The highest BCUT2D eigenvalue weighted by Gasteiger charge is 2.20. The first kappa shape index (κ1) is 14.1. The number of hydrogen-bond donors (Lipinski definition) is 2. The van der Waals surface area contributed by atoms with Gasteiger partial charge in [0.05, 0.1) is 5.92 Å². The number of rotatable bonds is 5. The second-order valence-corrected chi connectivity index (χ2v) is 5.80. The molecule has 0 saturated heterocycles. The van der Waals surface area contributed by atoms with Crippen molar-refractivity contribution in [2.75, 3.05) is 0 Å². The van der Waals surface area contributed by atoms with Crippen molar-refractivity contribution in [1.29, 1.82) is 0 Å². The fraction of sp³-hybridized carbons (Fsp3) is 0.562. The Labute approximate surface area is 115 Å². The highest BCUT2D eigenvalue weighted by atomic mass is 16.4. The van der Waals surface area contributed by atoms with Crippen molar-refractivity contribution in [3.8, 4) is 0 Å². The van der Waals surface area contributed by atoms with E-state index in [1.807, 2.05) is 24.3 Å². The summed E-state index contributed by atoms with van der Waals surface area (Å²) in [4.78, 5) is 10.9. The number of hydrogen-bond acceptors (Lipinski definition) is 2. The summed E-state index contributed by atoms with van der Waals surface area (Å²) in [5, 5.41) is 12.5. The van der Waals surface area contributed by atoms with E-state index in [0.717, 1.165) is 18.0 Å². The van der Waals surface area contributed by atoms with Crippen LogP contribution in [0.2, 0.25) is 0 Å². The Hall–Kier alpha value is -1.35. The summed E-state index contributed by atoms with van der Waals surface area (Å²) >= 11 is 0. The van der Waals surface area contributed by atoms with Crippen LogP contribution in [0.5, 0.6) is 0 Å². The molecule has 1 fully saturated rings. The molecule has 2 N–H and O–H groups in total. The number of carboxylic acids is 1. The van der Waals surface area contributed by atoms with Crippen molar-refractivity contribution in [2.24, 2.45) is 5.92 Å². The molecule has 0 radical (unpaired) electrons. The van der Waals surface area contributed by atoms with Crippen molar-refractivity contribution in [1.82, 2.24) is 5.32 Å². The van der Waals surface area contributed by atoms with Gasteiger partial charge >= 0.3 is 5.97 Å². The highest BCUT2D eigenvalue weighted by Crippen LogP contribution is 2.25. The van der Waals surface area contributed by atoms with Gasteiger partial charge in [0.15, 0.2) is 0 Å². The number of carboxylic acid groups (broad SMARTS) is 1. The molecule has 3 atom stereocenters. The molecule has 1 saturated carbocycles. The molecule has 1 aromatic carbocycles. The summed E-state index contributed by atoms with van der Waals surface area (Å²) in [6.45, 7) is 4.90. The lowest BCUT2D eigenvalue weighted by Crippen LogP contribution is -2.25. The van der Waals surface area contributed by atoms with E-state index >= 15 is 0 Å². The maximum Gasteiger partial charge on any atom is 0.310 e. The Morgan fingerprint density at radius 1 is 1.37 bits per heavy atom. The topological polar surface area (TPSA) is 49.3 Å². The molecule has 0 heterocycles. The Morgan fingerprint density at radius 3 is 2.58 bits per heavy atom. The zero-order chi connectivity index (χ0) is 13.8. The molecule has 19 heavy (non-hydrogen) atoms. The molecule has 0 bridgehead atoms. The first-order valence-corrected chi connectivity index (χ1v) is 7.11. The molecular formula is C16H23NO2. The lowest BCUT2D eigenvalue weighted by molar-refractivity contribution is -0.138. The smallest absolute Gasteiger partial charge is 0.310 e. The quantitative estimate of drug-likeness (QED) is 0.856. The summed E-state index contributed by atoms with van der Waals surface area (Å²) in [5.74, 6) is -0.361. The van der Waals surface area contributed by atoms with Crippen LogP contribution in [-0.2, 0) is 11.3 Å². The van der Waals surface area contributed by atoms with Crippen LogP contribution in [0.3, 0.4) is 0 Å². The summed E-state index contributed by atoms with van der Waals surface area (Å²) in [7, 11) is 0. The van der Waals surface area contributed by atoms with Gasteiger partial charge in [-0.15, -0.1) is 0 Å². The average molecular weight is 261 g/mol. The first-order chi connectivity index (χ1) is 9.06. The fourth-order valence-corrected chi connectivity index (χ4v) is 2.72. The van der Waals surface area contributed by atoms with Crippen molar-refractivity contribution in [3.05, 3.63) is 35.4 Å². The maximum atomic E-state index is 10.9. The van der Waals surface area contributed by atoms with Crippen LogP contribution >= 0.6 is 0 Å². The first-order valence-electron chi connectivity index (χ1n) is 7.11. The Bertz CT molecular complexity index is 427. The molecule has 3 heteroatoms. The van der Waals surface area contributed by atoms with Gasteiger partial charge in [0.25, 0.3) is 0 Å². The minimum Gasteiger partial charge on any atom is -0.481 e. The van der Waals surface area contributed by atoms with Gasteiger partial charge in [-0.05, 0) is 43.2 Å². The van der Waals surface area contributed by atoms with Crippen molar-refractivity contribution in [3.63, 3.8) is 0 Å². The molecule has 2 rings (SSSR count). The zero-order valence-corrected chi connectivity index (χ0v) is 11.7. The summed E-state index contributed by atoms with van der Waals surface area (Å²) in [6.07, 6.45) is 3.87. The SMILES string of the molecule is CC1CCC(NCc2ccc(C(C)C(=O)O)cc2)C1. The monoisotopic (exact) mass is 261 g/mol. The van der Waals surface area contributed by atoms with E-state index in [0.29, 0.717) is 6.04 Å². The lowest BCUT2D eigenvalue weighted by atomic mass is 10.00. The second-order valence-electron chi connectivity index (χ2n) is 5.80. The summed E-state index contributed by atoms with van der Waals surface area (Å²) in [5.41, 5.74) is 2.09. The standard InChI is InChI=1S/C16H23NO2/c1-11-3-8-15(9-11)17-10-13-4-6-14(7-5-13)12(2)16(18)19/h4-7,11-12,15,17H,3,8-10H2,1-2H3,(H,18,19). The molecule has 1 aliphatic rings. The molecule has 0 spiro atoms. The Morgan fingerprint density at radius 2 is 2.05 bits per heavy atom. The summed E-state index contributed by atoms with van der Waals surface area (Å²) in [6, 6.07) is 8.55. The highest BCUT2D eigenvalue weighted by molar-refractivity contribution is 5.75. The Balaban J connectivity index is 1.86. The minimum atomic E-state index is -0.772. The number of carbonyl (C=O) groups is 1. The van der Waals surface area contributed by atoms with E-state index in [1.165, 1.54) is 24.8 Å². The van der Waals surface area contributed by atoms with Gasteiger partial charge in [0.1, 0.15) is 0 Å². The molecule has 1 aliphatic carbocycles. The van der Waals surface area contributed by atoms with E-state index in [4.69, 9.17) is 5.11 Å². The zero-order valence-electron chi connectivity index (χ0n) is 11.7. The number of nitrogens with one attached hydrogen (secondary N) is 1. The predicted molar refractivity (Wildman–Crippen MR) is 76.1 cm³/mol. The third-order valence-electron chi connectivity index (χ3n) is 4.14. The van der Waals surface area contributed by atoms with Crippen molar-refractivity contribution in [2.45, 2.75) is 51.6 Å². The fourth-order valence-electron chi connectivity index (χ4n) is 2.72. The molecule has 1 aromatic rings. The van der Waals surface area contributed by atoms with E-state index in [9.17, 15) is 4.79 Å². The molecule has 0 aliphatic heterocycles. The van der Waals surface area contributed by atoms with Gasteiger partial charge in [-0.1, -0.05) is 31.2 Å². The third kappa shape index (κ3) is 3.80. The van der Waals surface area contributed by atoms with E-state index in [2.05, 4.69) is 12.2 Å². The van der Waals surface area contributed by atoms with Crippen LogP contribution in [0.4, 0.5) is 0 Å². The second kappa shape index (κ2) is 6.20. The Kier molecular flexibility index (Phi) is 4.59. The van der Waals surface area contributed by atoms with Crippen LogP contribution < -0.4 is 5.32 Å². The molecule has 0 aromatic heterocycles. The van der Waals surface area contributed by atoms with Crippen LogP contribution in [0, 0.1) is 5.92 Å². The van der Waals surface area contributed by atoms with E-state index < -0.39 is 11.9 Å². The van der Waals surface area contributed by atoms with E-state index in [1.54, 1.807) is 6.92 Å². The van der Waals surface area contributed by atoms with Gasteiger partial charge in [-0.25, -0.2) is 0 Å². The maximum absolute atomic E-state index is 10.9. The lowest BCUT2D eigenvalue weighted by Gasteiger charge is -2.13. The molecule has 0 amide bonds. The number of aliphatic carboxylic acids is 1. The van der Waals surface area contributed by atoms with Crippen LogP contribution in [0.15, 0.2) is 24.3 Å². The third-order valence-corrected chi connectivity index (χ3v) is 4.14. The van der Waals surface area contributed by atoms with E-state index in [-0.39, 0.29) is 0 Å². The average Bonchev–Trinajstić information content (AvgIpc) is 2.82. The normalized spacial score (nSPS) is 24.3. The van der Waals surface area contributed by atoms with Gasteiger partial charge in [0, 0.05) is 12.6 Å². The minimum absolute atomic E-state index is 0.433. The van der Waals surface area contributed by atoms with Gasteiger partial charge < -0.3 is 10.4 Å². The van der Waals surface area contributed by atoms with Gasteiger partial charge in [0.2, 0.25) is 0 Å². The van der Waals surface area contributed by atoms with Gasteiger partial charge in [-0.2, -0.15) is 0 Å². The number of benzene rings is 1. The predicted octanol–water partition coefficient (Wildman–Crippen LogP) is 3.15.